The number of rotatable bonds is 7. The van der Waals surface area contributed by atoms with Crippen molar-refractivity contribution in [2.45, 2.75) is 17.9 Å². The van der Waals surface area contributed by atoms with Gasteiger partial charge in [0, 0.05) is 12.0 Å². The molecule has 5 nitrogen and oxygen atoms in total. The van der Waals surface area contributed by atoms with E-state index in [1.54, 1.807) is 0 Å². The van der Waals surface area contributed by atoms with Gasteiger partial charge >= 0.3 is 5.97 Å². The molecule has 104 valence electrons. The third-order valence-corrected chi connectivity index (χ3v) is 3.59. The first-order valence-electron chi connectivity index (χ1n) is 5.74. The van der Waals surface area contributed by atoms with Crippen LogP contribution in [0, 0.1) is 6.92 Å². The van der Waals surface area contributed by atoms with Gasteiger partial charge in [-0.1, -0.05) is 18.2 Å². The second kappa shape index (κ2) is 7.81. The summed E-state index contributed by atoms with van der Waals surface area (Å²) in [6.07, 6.45) is 0. The monoisotopic (exact) mass is 283 g/mol. The molecule has 1 amide bonds. The van der Waals surface area contributed by atoms with Crippen LogP contribution in [0.5, 0.6) is 0 Å². The maximum absolute atomic E-state index is 11.7. The summed E-state index contributed by atoms with van der Waals surface area (Å²) >= 11 is 1.38. The fourth-order valence-corrected chi connectivity index (χ4v) is 2.28. The number of hydrogen-bond donors (Lipinski definition) is 2. The Labute approximate surface area is 116 Å². The van der Waals surface area contributed by atoms with E-state index in [1.165, 1.54) is 18.9 Å². The lowest BCUT2D eigenvalue weighted by molar-refractivity contribution is -0.142. The van der Waals surface area contributed by atoms with E-state index in [9.17, 15) is 9.59 Å². The first-order valence-corrected chi connectivity index (χ1v) is 6.72. The molecule has 0 saturated heterocycles. The predicted octanol–water partition coefficient (Wildman–Crippen LogP) is 1.30. The zero-order chi connectivity index (χ0) is 14.3. The number of carbonyl (C=O) groups excluding carboxylic acids is 1. The molecule has 0 saturated carbocycles. The molecule has 2 N–H and O–H groups in total. The van der Waals surface area contributed by atoms with Crippen LogP contribution >= 0.6 is 11.8 Å². The van der Waals surface area contributed by atoms with E-state index in [0.717, 1.165) is 10.5 Å². The topological polar surface area (TPSA) is 75.6 Å². The molecule has 0 aliphatic rings. The molecule has 19 heavy (non-hydrogen) atoms. The Balaban J connectivity index is 2.47. The van der Waals surface area contributed by atoms with Crippen molar-refractivity contribution in [2.24, 2.45) is 0 Å². The number of carbonyl (C=O) groups is 2. The summed E-state index contributed by atoms with van der Waals surface area (Å²) in [5.41, 5.74) is 1.09. The lowest BCUT2D eigenvalue weighted by Crippen LogP contribution is -2.44. The predicted molar refractivity (Wildman–Crippen MR) is 73.3 cm³/mol. The van der Waals surface area contributed by atoms with Crippen LogP contribution < -0.4 is 5.32 Å². The molecule has 1 rings (SSSR count). The van der Waals surface area contributed by atoms with E-state index in [2.05, 4.69) is 5.32 Å². The van der Waals surface area contributed by atoms with Gasteiger partial charge in [0.1, 0.15) is 0 Å². The van der Waals surface area contributed by atoms with Crippen molar-refractivity contribution >= 4 is 23.6 Å². The number of ether oxygens (including phenoxy) is 1. The van der Waals surface area contributed by atoms with Crippen LogP contribution in [0.15, 0.2) is 29.2 Å². The molecular formula is C13H17NO4S. The van der Waals surface area contributed by atoms with Gasteiger partial charge in [-0.2, -0.15) is 0 Å². The molecule has 0 aliphatic carbocycles. The zero-order valence-electron chi connectivity index (χ0n) is 10.9. The van der Waals surface area contributed by atoms with Crippen molar-refractivity contribution < 1.29 is 19.4 Å². The third-order valence-electron chi connectivity index (χ3n) is 2.42. The third kappa shape index (κ3) is 5.32. The van der Waals surface area contributed by atoms with Gasteiger partial charge in [-0.05, 0) is 18.6 Å². The summed E-state index contributed by atoms with van der Waals surface area (Å²) in [7, 11) is 1.39. The van der Waals surface area contributed by atoms with Crippen LogP contribution in [-0.2, 0) is 14.3 Å². The number of aryl methyl sites for hydroxylation is 1. The van der Waals surface area contributed by atoms with Crippen LogP contribution in [-0.4, -0.2) is 42.5 Å². The summed E-state index contributed by atoms with van der Waals surface area (Å²) in [5.74, 6) is -1.24. The second-order valence-corrected chi connectivity index (χ2v) is 4.99. The maximum Gasteiger partial charge on any atom is 0.328 e. The van der Waals surface area contributed by atoms with Gasteiger partial charge < -0.3 is 15.2 Å². The van der Waals surface area contributed by atoms with Gasteiger partial charge in [-0.15, -0.1) is 11.8 Å². The molecule has 0 fully saturated rings. The molecule has 0 radical (unpaired) electrons. The van der Waals surface area contributed by atoms with Crippen molar-refractivity contribution in [3.8, 4) is 0 Å². The average molecular weight is 283 g/mol. The number of methoxy groups -OCH3 is 1. The van der Waals surface area contributed by atoms with Gasteiger partial charge in [0.05, 0.1) is 12.4 Å². The van der Waals surface area contributed by atoms with Crippen molar-refractivity contribution in [2.75, 3.05) is 19.5 Å². The van der Waals surface area contributed by atoms with E-state index in [1.807, 2.05) is 31.2 Å². The van der Waals surface area contributed by atoms with E-state index in [-0.39, 0.29) is 18.3 Å². The number of aliphatic carboxylic acids is 1. The highest BCUT2D eigenvalue weighted by molar-refractivity contribution is 8.00. The first-order chi connectivity index (χ1) is 9.04. The minimum atomic E-state index is -1.10. The van der Waals surface area contributed by atoms with Crippen molar-refractivity contribution in [1.82, 2.24) is 5.32 Å². The van der Waals surface area contributed by atoms with Crippen LogP contribution in [0.3, 0.4) is 0 Å². The number of nitrogens with one attached hydrogen (secondary N) is 1. The second-order valence-electron chi connectivity index (χ2n) is 3.97. The normalized spacial score (nSPS) is 11.9. The first kappa shape index (κ1) is 15.5. The van der Waals surface area contributed by atoms with Crippen LogP contribution in [0.2, 0.25) is 0 Å². The quantitative estimate of drug-likeness (QED) is 0.738. The Kier molecular flexibility index (Phi) is 6.38. The summed E-state index contributed by atoms with van der Waals surface area (Å²) in [6.45, 7) is 1.92. The Morgan fingerprint density at radius 3 is 2.68 bits per heavy atom. The summed E-state index contributed by atoms with van der Waals surface area (Å²) in [5, 5.41) is 11.3. The summed E-state index contributed by atoms with van der Waals surface area (Å²) < 4.78 is 4.75. The average Bonchev–Trinajstić information content (AvgIpc) is 2.37. The number of carboxylic acid groups (broad SMARTS) is 1. The highest BCUT2D eigenvalue weighted by Crippen LogP contribution is 2.21. The Bertz CT molecular complexity index is 450. The summed E-state index contributed by atoms with van der Waals surface area (Å²) in [6, 6.07) is 6.72. The van der Waals surface area contributed by atoms with Gasteiger partial charge in [0.25, 0.3) is 0 Å². The fourth-order valence-electron chi connectivity index (χ4n) is 1.44. The molecule has 0 bridgehead atoms. The van der Waals surface area contributed by atoms with E-state index >= 15 is 0 Å². The largest absolute Gasteiger partial charge is 0.480 e. The molecule has 1 unspecified atom stereocenters. The summed E-state index contributed by atoms with van der Waals surface area (Å²) in [4.78, 5) is 23.5. The smallest absolute Gasteiger partial charge is 0.328 e. The Hall–Kier alpha value is -1.53. The highest BCUT2D eigenvalue weighted by Gasteiger charge is 2.19. The molecule has 1 aromatic carbocycles. The SMILES string of the molecule is COCC(NC(=O)CSc1ccccc1C)C(=O)O. The molecule has 0 spiro atoms. The van der Waals surface area contributed by atoms with E-state index < -0.39 is 12.0 Å². The number of benzene rings is 1. The minimum Gasteiger partial charge on any atom is -0.480 e. The molecule has 0 aromatic heterocycles. The molecule has 1 aromatic rings. The molecule has 0 heterocycles. The molecule has 6 heteroatoms. The van der Waals surface area contributed by atoms with Crippen molar-refractivity contribution in [3.05, 3.63) is 29.8 Å². The minimum absolute atomic E-state index is 0.0455. The van der Waals surface area contributed by atoms with Gasteiger partial charge in [-0.3, -0.25) is 4.79 Å². The van der Waals surface area contributed by atoms with Crippen LogP contribution in [0.1, 0.15) is 5.56 Å². The lowest BCUT2D eigenvalue weighted by Gasteiger charge is -2.13. The fraction of sp³-hybridized carbons (Fsp3) is 0.385. The van der Waals surface area contributed by atoms with Gasteiger partial charge in [-0.25, -0.2) is 4.79 Å². The Morgan fingerprint density at radius 1 is 1.42 bits per heavy atom. The van der Waals surface area contributed by atoms with Gasteiger partial charge in [0.15, 0.2) is 6.04 Å². The molecule has 0 aliphatic heterocycles. The van der Waals surface area contributed by atoms with Crippen molar-refractivity contribution in [3.63, 3.8) is 0 Å². The molecular weight excluding hydrogens is 266 g/mol. The number of carboxylic acids is 1. The van der Waals surface area contributed by atoms with Gasteiger partial charge in [0.2, 0.25) is 5.91 Å². The number of thioether (sulfide) groups is 1. The highest BCUT2D eigenvalue weighted by atomic mass is 32.2. The lowest BCUT2D eigenvalue weighted by atomic mass is 10.2. The van der Waals surface area contributed by atoms with E-state index in [0.29, 0.717) is 0 Å². The maximum atomic E-state index is 11.7. The van der Waals surface area contributed by atoms with Crippen LogP contribution in [0.25, 0.3) is 0 Å². The molecule has 1 atom stereocenters. The Morgan fingerprint density at radius 2 is 2.11 bits per heavy atom. The standard InChI is InChI=1S/C13H17NO4S/c1-9-5-3-4-6-11(9)19-8-12(15)14-10(7-18-2)13(16)17/h3-6,10H,7-8H2,1-2H3,(H,14,15)(H,16,17). The number of hydrogen-bond acceptors (Lipinski definition) is 4. The zero-order valence-corrected chi connectivity index (χ0v) is 11.7. The van der Waals surface area contributed by atoms with E-state index in [4.69, 9.17) is 9.84 Å². The van der Waals surface area contributed by atoms with Crippen LogP contribution in [0.4, 0.5) is 0 Å². The number of amides is 1. The van der Waals surface area contributed by atoms with Crippen molar-refractivity contribution in [1.29, 1.82) is 0 Å².